The Bertz CT molecular complexity index is 1190. The molecule has 0 spiro atoms. The molecule has 1 fully saturated rings. The number of nitrogens with zero attached hydrogens (tertiary/aromatic N) is 3. The summed E-state index contributed by atoms with van der Waals surface area (Å²) in [6, 6.07) is 3.22. The largest absolute Gasteiger partial charge is 0.381 e. The van der Waals surface area contributed by atoms with E-state index < -0.39 is 17.2 Å². The number of carbonyl (C=O) groups is 1. The van der Waals surface area contributed by atoms with Crippen molar-refractivity contribution < 1.29 is 13.6 Å². The van der Waals surface area contributed by atoms with E-state index in [1.807, 2.05) is 6.92 Å². The van der Waals surface area contributed by atoms with Crippen molar-refractivity contribution in [1.29, 1.82) is 0 Å². The smallest absolute Gasteiger partial charge is 0.258 e. The summed E-state index contributed by atoms with van der Waals surface area (Å²) in [4.78, 5) is 29.1. The average Bonchev–Trinajstić information content (AvgIpc) is 3.02. The summed E-state index contributed by atoms with van der Waals surface area (Å²) in [6.07, 6.45) is 2.69. The second kappa shape index (κ2) is 7.71. The van der Waals surface area contributed by atoms with Crippen molar-refractivity contribution in [3.8, 4) is 0 Å². The lowest BCUT2D eigenvalue weighted by Gasteiger charge is -2.38. The number of aryl methyl sites for hydroxylation is 1. The molecule has 7 nitrogen and oxygen atoms in total. The first-order chi connectivity index (χ1) is 14.2. The average molecular weight is 436 g/mol. The van der Waals surface area contributed by atoms with Crippen LogP contribution in [0.15, 0.2) is 29.2 Å². The van der Waals surface area contributed by atoms with Gasteiger partial charge in [-0.15, -0.1) is 0 Å². The van der Waals surface area contributed by atoms with Gasteiger partial charge in [-0.3, -0.25) is 14.3 Å². The van der Waals surface area contributed by atoms with Crippen LogP contribution in [0.1, 0.15) is 30.1 Å². The van der Waals surface area contributed by atoms with Crippen molar-refractivity contribution in [3.05, 3.63) is 57.1 Å². The fourth-order valence-corrected chi connectivity index (χ4v) is 4.09. The molecule has 2 N–H and O–H groups in total. The van der Waals surface area contributed by atoms with E-state index >= 15 is 0 Å². The van der Waals surface area contributed by atoms with E-state index in [4.69, 9.17) is 11.6 Å². The summed E-state index contributed by atoms with van der Waals surface area (Å²) in [5.41, 5.74) is 0.592. The lowest BCUT2D eigenvalue weighted by Crippen LogP contribution is -2.48. The van der Waals surface area contributed by atoms with Crippen LogP contribution < -0.4 is 10.9 Å². The maximum Gasteiger partial charge on any atom is 0.258 e. The summed E-state index contributed by atoms with van der Waals surface area (Å²) in [6.45, 7) is 2.41. The Morgan fingerprint density at radius 1 is 1.30 bits per heavy atom. The van der Waals surface area contributed by atoms with Gasteiger partial charge in [-0.05, 0) is 25.8 Å². The number of nitrogens with one attached hydrogen (secondary N) is 2. The van der Waals surface area contributed by atoms with Gasteiger partial charge in [-0.25, -0.2) is 8.78 Å². The second-order valence-corrected chi connectivity index (χ2v) is 7.90. The van der Waals surface area contributed by atoms with Crippen LogP contribution in [0, 0.1) is 11.6 Å². The van der Waals surface area contributed by atoms with Gasteiger partial charge in [0.25, 0.3) is 5.91 Å². The van der Waals surface area contributed by atoms with Gasteiger partial charge in [0.05, 0.1) is 17.3 Å². The maximum absolute atomic E-state index is 13.7. The number of amides is 1. The first-order valence-electron chi connectivity index (χ1n) is 9.51. The number of anilines is 1. The minimum atomic E-state index is -1.02. The zero-order valence-electron chi connectivity index (χ0n) is 16.4. The molecule has 2 aromatic heterocycles. The number of carbonyl (C=O) groups excluding carboxylic acids is 1. The molecule has 30 heavy (non-hydrogen) atoms. The van der Waals surface area contributed by atoms with Crippen LogP contribution in [-0.4, -0.2) is 44.2 Å². The van der Waals surface area contributed by atoms with E-state index in [0.717, 1.165) is 12.1 Å². The van der Waals surface area contributed by atoms with Crippen molar-refractivity contribution in [2.24, 2.45) is 7.05 Å². The molecule has 4 rings (SSSR count). The third-order valence-corrected chi connectivity index (χ3v) is 5.93. The topological polar surface area (TPSA) is 83.0 Å². The number of hydrogen-bond donors (Lipinski definition) is 2. The molecule has 10 heteroatoms. The van der Waals surface area contributed by atoms with Gasteiger partial charge in [0.15, 0.2) is 11.6 Å². The van der Waals surface area contributed by atoms with Crippen molar-refractivity contribution >= 4 is 34.1 Å². The lowest BCUT2D eigenvalue weighted by atomic mass is 9.97. The third kappa shape index (κ3) is 3.65. The molecule has 0 radical (unpaired) electrons. The molecule has 1 amide bonds. The molecule has 3 aromatic rings. The Balaban J connectivity index is 1.53. The molecule has 158 valence electrons. The third-order valence-electron chi connectivity index (χ3n) is 5.48. The molecular formula is C20H20ClF2N5O2. The van der Waals surface area contributed by atoms with Crippen molar-refractivity contribution in [1.82, 2.24) is 19.7 Å². The van der Waals surface area contributed by atoms with Crippen molar-refractivity contribution in [3.63, 3.8) is 0 Å². The van der Waals surface area contributed by atoms with Crippen molar-refractivity contribution in [2.45, 2.75) is 31.8 Å². The van der Waals surface area contributed by atoms with Gasteiger partial charge < -0.3 is 15.2 Å². The summed E-state index contributed by atoms with van der Waals surface area (Å²) in [7, 11) is 1.67. The summed E-state index contributed by atoms with van der Waals surface area (Å²) in [5.74, 6) is -2.19. The molecule has 1 saturated heterocycles. The molecule has 0 aliphatic carbocycles. The number of rotatable bonds is 3. The molecule has 0 saturated carbocycles. The highest BCUT2D eigenvalue weighted by Gasteiger charge is 2.31. The molecule has 3 heterocycles. The standard InChI is InChI=1S/C20H20ClF2N5O2/c1-10-5-11(3-4-28(10)20(30)13-9-24-27(2)19(13)21)25-17-8-18(29)26-16-7-15(23)14(22)6-12(16)17/h6-11H,3-5H2,1-2H3,(H2,25,26,29)/t10-,11+/m0/s1. The minimum Gasteiger partial charge on any atom is -0.381 e. The highest BCUT2D eigenvalue weighted by Crippen LogP contribution is 2.28. The SMILES string of the molecule is C[C@H]1C[C@H](Nc2cc(=O)[nH]c3cc(F)c(F)cc23)CCN1C(=O)c1cnn(C)c1Cl. The van der Waals surface area contributed by atoms with Crippen LogP contribution in [0.2, 0.25) is 5.15 Å². The van der Waals surface area contributed by atoms with Crippen LogP contribution in [-0.2, 0) is 7.05 Å². The molecular weight excluding hydrogens is 416 g/mol. The Morgan fingerprint density at radius 2 is 2.03 bits per heavy atom. The molecule has 0 unspecified atom stereocenters. The van der Waals surface area contributed by atoms with Crippen LogP contribution in [0.25, 0.3) is 10.9 Å². The van der Waals surface area contributed by atoms with E-state index in [0.29, 0.717) is 36.0 Å². The summed E-state index contributed by atoms with van der Waals surface area (Å²) >= 11 is 6.15. The zero-order chi connectivity index (χ0) is 21.6. The Hall–Kier alpha value is -2.94. The van der Waals surface area contributed by atoms with E-state index in [9.17, 15) is 18.4 Å². The predicted octanol–water partition coefficient (Wildman–Crippen LogP) is 3.30. The fourth-order valence-electron chi connectivity index (χ4n) is 3.92. The van der Waals surface area contributed by atoms with Crippen LogP contribution in [0.4, 0.5) is 14.5 Å². The summed E-state index contributed by atoms with van der Waals surface area (Å²) in [5, 5.41) is 7.96. The highest BCUT2D eigenvalue weighted by molar-refractivity contribution is 6.32. The molecule has 1 aliphatic rings. The Morgan fingerprint density at radius 3 is 2.70 bits per heavy atom. The fraction of sp³-hybridized carbons (Fsp3) is 0.350. The number of likely N-dealkylation sites (tertiary alicyclic amines) is 1. The summed E-state index contributed by atoms with van der Waals surface area (Å²) < 4.78 is 28.7. The normalized spacial score (nSPS) is 19.3. The van der Waals surface area contributed by atoms with Gasteiger partial charge >= 0.3 is 0 Å². The van der Waals surface area contributed by atoms with E-state index in [1.54, 1.807) is 11.9 Å². The van der Waals surface area contributed by atoms with Gasteiger partial charge in [-0.1, -0.05) is 11.6 Å². The van der Waals surface area contributed by atoms with Gasteiger partial charge in [-0.2, -0.15) is 5.10 Å². The Labute approximate surface area is 175 Å². The second-order valence-electron chi connectivity index (χ2n) is 7.55. The molecule has 0 bridgehead atoms. The van der Waals surface area contributed by atoms with Crippen LogP contribution in [0.3, 0.4) is 0 Å². The number of fused-ring (bicyclic) bond motifs is 1. The maximum atomic E-state index is 13.7. The highest BCUT2D eigenvalue weighted by atomic mass is 35.5. The number of pyridine rings is 1. The molecule has 1 aliphatic heterocycles. The van der Waals surface area contributed by atoms with E-state index in [2.05, 4.69) is 15.4 Å². The molecule has 1 aromatic carbocycles. The lowest BCUT2D eigenvalue weighted by molar-refractivity contribution is 0.0625. The number of aromatic nitrogens is 3. The first-order valence-corrected chi connectivity index (χ1v) is 9.89. The van der Waals surface area contributed by atoms with Crippen LogP contribution >= 0.6 is 11.6 Å². The zero-order valence-corrected chi connectivity index (χ0v) is 17.1. The van der Waals surface area contributed by atoms with Crippen molar-refractivity contribution in [2.75, 3.05) is 11.9 Å². The first kappa shape index (κ1) is 20.3. The number of hydrogen-bond acceptors (Lipinski definition) is 4. The Kier molecular flexibility index (Phi) is 5.23. The number of aromatic amines is 1. The number of H-pyrrole nitrogens is 1. The monoisotopic (exact) mass is 435 g/mol. The quantitative estimate of drug-likeness (QED) is 0.661. The molecule has 2 atom stereocenters. The van der Waals surface area contributed by atoms with E-state index in [1.165, 1.54) is 16.9 Å². The number of halogens is 3. The number of benzene rings is 1. The predicted molar refractivity (Wildman–Crippen MR) is 110 cm³/mol. The minimum absolute atomic E-state index is 0.0495. The van der Waals surface area contributed by atoms with Gasteiger partial charge in [0.2, 0.25) is 5.56 Å². The number of piperidine rings is 1. The van der Waals surface area contributed by atoms with Crippen LogP contribution in [0.5, 0.6) is 0 Å². The van der Waals surface area contributed by atoms with Gasteiger partial charge in [0, 0.05) is 48.9 Å². The van der Waals surface area contributed by atoms with E-state index in [-0.39, 0.29) is 28.7 Å². The van der Waals surface area contributed by atoms with Gasteiger partial charge in [0.1, 0.15) is 5.15 Å².